The summed E-state index contributed by atoms with van der Waals surface area (Å²) in [6, 6.07) is 2.05. The lowest BCUT2D eigenvalue weighted by Gasteiger charge is -1.96. The molecule has 0 aromatic carbocycles. The van der Waals surface area contributed by atoms with Gasteiger partial charge in [-0.3, -0.25) is 4.98 Å². The third-order valence-electron chi connectivity index (χ3n) is 2.36. The van der Waals surface area contributed by atoms with Crippen molar-refractivity contribution in [2.75, 3.05) is 6.61 Å². The molecule has 0 radical (unpaired) electrons. The summed E-state index contributed by atoms with van der Waals surface area (Å²) in [5.41, 5.74) is 2.48. The average molecular weight is 238 g/mol. The van der Waals surface area contributed by atoms with Gasteiger partial charge in [-0.2, -0.15) is 0 Å². The molecule has 0 bridgehead atoms. The monoisotopic (exact) mass is 238 g/mol. The van der Waals surface area contributed by atoms with Gasteiger partial charge in [0.1, 0.15) is 0 Å². The third-order valence-corrected chi connectivity index (χ3v) is 2.60. The average Bonchev–Trinajstić information content (AvgIpc) is 2.67. The van der Waals surface area contributed by atoms with E-state index in [-0.39, 0.29) is 0 Å². The van der Waals surface area contributed by atoms with Crippen molar-refractivity contribution in [1.82, 2.24) is 9.55 Å². The molecule has 0 amide bonds. The van der Waals surface area contributed by atoms with E-state index in [4.69, 9.17) is 4.52 Å². The Hall–Kier alpha value is -0.920. The predicted octanol–water partition coefficient (Wildman–Crippen LogP) is 2.95. The molecule has 2 aromatic heterocycles. The zero-order valence-corrected chi connectivity index (χ0v) is 11.3. The SMILES string of the molecule is CC.Cn1cc(CCOP)c2ccncc21. The summed E-state index contributed by atoms with van der Waals surface area (Å²) < 4.78 is 7.09. The largest absolute Gasteiger partial charge is 0.365 e. The smallest absolute Gasteiger partial charge is 0.0666 e. The highest BCUT2D eigenvalue weighted by Gasteiger charge is 2.05. The zero-order valence-electron chi connectivity index (χ0n) is 10.1. The Morgan fingerprint density at radius 2 is 2.19 bits per heavy atom. The van der Waals surface area contributed by atoms with E-state index in [9.17, 15) is 0 Å². The van der Waals surface area contributed by atoms with Gasteiger partial charge in [-0.1, -0.05) is 13.8 Å². The molecular weight excluding hydrogens is 219 g/mol. The number of fused-ring (bicyclic) bond motifs is 1. The summed E-state index contributed by atoms with van der Waals surface area (Å²) in [6.07, 6.45) is 6.79. The number of hydrogen-bond acceptors (Lipinski definition) is 2. The second kappa shape index (κ2) is 6.62. The van der Waals surface area contributed by atoms with Crippen LogP contribution >= 0.6 is 9.47 Å². The molecule has 0 aliphatic rings. The van der Waals surface area contributed by atoms with Crippen LogP contribution in [-0.2, 0) is 18.0 Å². The molecule has 0 aliphatic carbocycles. The lowest BCUT2D eigenvalue weighted by Crippen LogP contribution is -1.89. The fourth-order valence-corrected chi connectivity index (χ4v) is 1.80. The van der Waals surface area contributed by atoms with E-state index in [1.807, 2.05) is 39.4 Å². The van der Waals surface area contributed by atoms with E-state index in [2.05, 4.69) is 25.2 Å². The maximum atomic E-state index is 5.00. The van der Waals surface area contributed by atoms with Crippen molar-refractivity contribution < 1.29 is 4.52 Å². The van der Waals surface area contributed by atoms with Gasteiger partial charge in [0.2, 0.25) is 0 Å². The maximum absolute atomic E-state index is 5.00. The van der Waals surface area contributed by atoms with Crippen LogP contribution in [0.4, 0.5) is 0 Å². The van der Waals surface area contributed by atoms with Gasteiger partial charge >= 0.3 is 0 Å². The summed E-state index contributed by atoms with van der Waals surface area (Å²) in [5, 5.41) is 1.27. The highest BCUT2D eigenvalue weighted by atomic mass is 31.0. The van der Waals surface area contributed by atoms with Gasteiger partial charge in [-0.15, -0.1) is 0 Å². The highest BCUT2D eigenvalue weighted by Crippen LogP contribution is 2.19. The van der Waals surface area contributed by atoms with E-state index in [1.54, 1.807) is 0 Å². The molecule has 2 aromatic rings. The first-order valence-corrected chi connectivity index (χ1v) is 5.99. The van der Waals surface area contributed by atoms with Crippen molar-refractivity contribution in [3.05, 3.63) is 30.2 Å². The summed E-state index contributed by atoms with van der Waals surface area (Å²) in [7, 11) is 4.31. The first kappa shape index (κ1) is 13.1. The van der Waals surface area contributed by atoms with Crippen molar-refractivity contribution in [3.8, 4) is 0 Å². The Bertz CT molecular complexity index is 440. The van der Waals surface area contributed by atoms with Gasteiger partial charge in [0.15, 0.2) is 0 Å². The van der Waals surface area contributed by atoms with Crippen LogP contribution in [0, 0.1) is 0 Å². The molecule has 1 unspecified atom stereocenters. The number of hydrogen-bond donors (Lipinski definition) is 0. The van der Waals surface area contributed by atoms with Gasteiger partial charge in [0.05, 0.1) is 18.3 Å². The van der Waals surface area contributed by atoms with Gasteiger partial charge in [-0.05, 0) is 18.1 Å². The maximum Gasteiger partial charge on any atom is 0.0666 e. The van der Waals surface area contributed by atoms with Crippen LogP contribution in [-0.4, -0.2) is 16.2 Å². The summed E-state index contributed by atoms with van der Waals surface area (Å²) >= 11 is 0. The molecular formula is C12H19N2OP. The van der Waals surface area contributed by atoms with Crippen LogP contribution < -0.4 is 0 Å². The molecule has 4 heteroatoms. The third kappa shape index (κ3) is 2.81. The minimum absolute atomic E-state index is 0.728. The second-order valence-electron chi connectivity index (χ2n) is 3.28. The van der Waals surface area contributed by atoms with Crippen LogP contribution in [0.1, 0.15) is 19.4 Å². The molecule has 16 heavy (non-hydrogen) atoms. The number of rotatable bonds is 3. The van der Waals surface area contributed by atoms with Crippen molar-refractivity contribution in [3.63, 3.8) is 0 Å². The Morgan fingerprint density at radius 3 is 2.88 bits per heavy atom. The minimum atomic E-state index is 0.728. The number of nitrogens with zero attached hydrogens (tertiary/aromatic N) is 2. The van der Waals surface area contributed by atoms with Crippen LogP contribution in [0.15, 0.2) is 24.7 Å². The van der Waals surface area contributed by atoms with Gasteiger partial charge < -0.3 is 9.09 Å². The van der Waals surface area contributed by atoms with Crippen molar-refractivity contribution >= 4 is 20.4 Å². The second-order valence-corrected chi connectivity index (χ2v) is 3.61. The fraction of sp³-hybridized carbons (Fsp3) is 0.417. The van der Waals surface area contributed by atoms with Crippen LogP contribution in [0.25, 0.3) is 10.9 Å². The fourth-order valence-electron chi connectivity index (χ4n) is 1.68. The Morgan fingerprint density at radius 1 is 1.44 bits per heavy atom. The van der Waals surface area contributed by atoms with E-state index in [0.717, 1.165) is 13.0 Å². The Kier molecular flexibility index (Phi) is 5.44. The van der Waals surface area contributed by atoms with Crippen LogP contribution in [0.5, 0.6) is 0 Å². The molecule has 2 heterocycles. The molecule has 2 rings (SSSR count). The first-order chi connectivity index (χ1) is 7.83. The normalized spacial score (nSPS) is 10.0. The number of aromatic nitrogens is 2. The molecule has 0 aliphatic heterocycles. The van der Waals surface area contributed by atoms with Gasteiger partial charge in [0, 0.05) is 34.3 Å². The summed E-state index contributed by atoms with van der Waals surface area (Å²) in [5.74, 6) is 0. The van der Waals surface area contributed by atoms with Crippen molar-refractivity contribution in [1.29, 1.82) is 0 Å². The molecule has 88 valence electrons. The van der Waals surface area contributed by atoms with E-state index < -0.39 is 0 Å². The summed E-state index contributed by atoms with van der Waals surface area (Å²) in [4.78, 5) is 4.11. The topological polar surface area (TPSA) is 27.1 Å². The minimum Gasteiger partial charge on any atom is -0.365 e. The highest BCUT2D eigenvalue weighted by molar-refractivity contribution is 7.09. The molecule has 0 saturated carbocycles. The van der Waals surface area contributed by atoms with Crippen molar-refractivity contribution in [2.24, 2.45) is 7.05 Å². The zero-order chi connectivity index (χ0) is 12.0. The van der Waals surface area contributed by atoms with Gasteiger partial charge in [-0.25, -0.2) is 0 Å². The summed E-state index contributed by atoms with van der Waals surface area (Å²) in [6.45, 7) is 4.73. The van der Waals surface area contributed by atoms with E-state index in [0.29, 0.717) is 0 Å². The van der Waals surface area contributed by atoms with E-state index >= 15 is 0 Å². The standard InChI is InChI=1S/C10H13N2OP.C2H6/c1-12-7-8(3-5-13-14)9-2-4-11-6-10(9)12;1-2/h2,4,6-7H,3,5,14H2,1H3;1-2H3. The quantitative estimate of drug-likeness (QED) is 0.769. The first-order valence-electron chi connectivity index (χ1n) is 5.52. The molecule has 0 fully saturated rings. The molecule has 0 N–H and O–H groups in total. The van der Waals surface area contributed by atoms with E-state index in [1.165, 1.54) is 16.5 Å². The molecule has 3 nitrogen and oxygen atoms in total. The Labute approximate surface area is 99.1 Å². The van der Waals surface area contributed by atoms with Crippen LogP contribution in [0.3, 0.4) is 0 Å². The molecule has 1 atom stereocenters. The predicted molar refractivity (Wildman–Crippen MR) is 71.4 cm³/mol. The molecule has 0 spiro atoms. The lowest BCUT2D eigenvalue weighted by atomic mass is 10.1. The lowest BCUT2D eigenvalue weighted by molar-refractivity contribution is 0.377. The van der Waals surface area contributed by atoms with Gasteiger partial charge in [0.25, 0.3) is 0 Å². The number of aryl methyl sites for hydroxylation is 1. The molecule has 0 saturated heterocycles. The Balaban J connectivity index is 0.000000606. The number of pyridine rings is 1. The van der Waals surface area contributed by atoms with Crippen LogP contribution in [0.2, 0.25) is 0 Å². The van der Waals surface area contributed by atoms with Crippen molar-refractivity contribution in [2.45, 2.75) is 20.3 Å².